The molecule has 0 radical (unpaired) electrons. The molecule has 146 valence electrons. The number of fused-ring (bicyclic) bond motifs is 1. The Balaban J connectivity index is 1.44. The molecule has 0 unspecified atom stereocenters. The van der Waals surface area contributed by atoms with E-state index in [0.717, 1.165) is 28.0 Å². The van der Waals surface area contributed by atoms with Gasteiger partial charge in [0.1, 0.15) is 11.5 Å². The molecule has 0 aliphatic carbocycles. The van der Waals surface area contributed by atoms with Crippen molar-refractivity contribution in [3.8, 4) is 11.5 Å². The molecule has 0 fully saturated rings. The van der Waals surface area contributed by atoms with Crippen LogP contribution in [0, 0.1) is 0 Å². The zero-order chi connectivity index (χ0) is 20.2. The lowest BCUT2D eigenvalue weighted by atomic mass is 10.1. The van der Waals surface area contributed by atoms with Crippen molar-refractivity contribution in [3.63, 3.8) is 0 Å². The first-order valence-corrected chi connectivity index (χ1v) is 9.45. The highest BCUT2D eigenvalue weighted by atomic mass is 35.5. The van der Waals surface area contributed by atoms with Gasteiger partial charge >= 0.3 is 5.97 Å². The molecule has 0 bridgehead atoms. The van der Waals surface area contributed by atoms with E-state index in [0.29, 0.717) is 22.8 Å². The van der Waals surface area contributed by atoms with E-state index in [9.17, 15) is 4.79 Å². The third kappa shape index (κ3) is 4.58. The van der Waals surface area contributed by atoms with Gasteiger partial charge in [0.05, 0.1) is 19.2 Å². The maximum absolute atomic E-state index is 12.2. The van der Waals surface area contributed by atoms with E-state index in [-0.39, 0.29) is 12.4 Å². The summed E-state index contributed by atoms with van der Waals surface area (Å²) in [5.74, 6) is 0.813. The molecular formula is C23H18ClNO4. The van der Waals surface area contributed by atoms with Crippen LogP contribution in [-0.4, -0.2) is 18.2 Å². The SMILES string of the molecule is COc1ccc(CC(=O)Oc2ccc3c(Cc4ccc(Cl)cc4)noc3c2)cc1. The van der Waals surface area contributed by atoms with Crippen molar-refractivity contribution < 1.29 is 18.8 Å². The molecule has 3 aromatic carbocycles. The largest absolute Gasteiger partial charge is 0.497 e. The highest BCUT2D eigenvalue weighted by Gasteiger charge is 2.12. The fraction of sp³-hybridized carbons (Fsp3) is 0.130. The number of esters is 1. The summed E-state index contributed by atoms with van der Waals surface area (Å²) in [6.45, 7) is 0. The van der Waals surface area contributed by atoms with Gasteiger partial charge in [0.2, 0.25) is 0 Å². The maximum atomic E-state index is 12.2. The van der Waals surface area contributed by atoms with Gasteiger partial charge < -0.3 is 14.0 Å². The van der Waals surface area contributed by atoms with Crippen LogP contribution in [0.4, 0.5) is 0 Å². The molecule has 4 rings (SSSR count). The first-order chi connectivity index (χ1) is 14.1. The number of hydrogen-bond donors (Lipinski definition) is 0. The van der Waals surface area contributed by atoms with Crippen LogP contribution in [0.1, 0.15) is 16.8 Å². The monoisotopic (exact) mass is 407 g/mol. The van der Waals surface area contributed by atoms with Crippen LogP contribution in [-0.2, 0) is 17.6 Å². The molecule has 4 aromatic rings. The average molecular weight is 408 g/mol. The number of ether oxygens (including phenoxy) is 2. The fourth-order valence-corrected chi connectivity index (χ4v) is 3.16. The second-order valence-corrected chi connectivity index (χ2v) is 7.03. The van der Waals surface area contributed by atoms with E-state index in [1.165, 1.54) is 0 Å². The smallest absolute Gasteiger partial charge is 0.315 e. The number of nitrogens with zero attached hydrogens (tertiary/aromatic N) is 1. The summed E-state index contributed by atoms with van der Waals surface area (Å²) in [5, 5.41) is 5.74. The first kappa shape index (κ1) is 19.0. The summed E-state index contributed by atoms with van der Waals surface area (Å²) in [7, 11) is 1.60. The number of benzene rings is 3. The molecule has 6 heteroatoms. The van der Waals surface area contributed by atoms with Crippen LogP contribution < -0.4 is 9.47 Å². The van der Waals surface area contributed by atoms with E-state index < -0.39 is 0 Å². The summed E-state index contributed by atoms with van der Waals surface area (Å²) in [5.41, 5.74) is 3.32. The normalized spacial score (nSPS) is 10.8. The number of rotatable bonds is 6. The Morgan fingerprint density at radius 1 is 0.966 bits per heavy atom. The summed E-state index contributed by atoms with van der Waals surface area (Å²) < 4.78 is 16.0. The molecule has 0 N–H and O–H groups in total. The second-order valence-electron chi connectivity index (χ2n) is 6.59. The zero-order valence-electron chi connectivity index (χ0n) is 15.7. The van der Waals surface area contributed by atoms with Crippen LogP contribution in [0.15, 0.2) is 71.3 Å². The van der Waals surface area contributed by atoms with Crippen molar-refractivity contribution in [2.24, 2.45) is 0 Å². The van der Waals surface area contributed by atoms with E-state index in [1.54, 1.807) is 19.2 Å². The number of hydrogen-bond acceptors (Lipinski definition) is 5. The van der Waals surface area contributed by atoms with Gasteiger partial charge in [-0.05, 0) is 47.5 Å². The Morgan fingerprint density at radius 3 is 2.38 bits per heavy atom. The predicted octanol–water partition coefficient (Wildman–Crippen LogP) is 5.23. The molecule has 0 aliphatic heterocycles. The van der Waals surface area contributed by atoms with Gasteiger partial charge in [-0.1, -0.05) is 41.0 Å². The Bertz CT molecular complexity index is 1130. The number of aromatic nitrogens is 1. The number of halogens is 1. The van der Waals surface area contributed by atoms with Crippen LogP contribution >= 0.6 is 11.6 Å². The Kier molecular flexibility index (Phi) is 5.49. The van der Waals surface area contributed by atoms with Gasteiger partial charge in [0.15, 0.2) is 5.58 Å². The lowest BCUT2D eigenvalue weighted by Crippen LogP contribution is -2.11. The van der Waals surface area contributed by atoms with Gasteiger partial charge in [-0.3, -0.25) is 4.79 Å². The molecule has 1 aromatic heterocycles. The van der Waals surface area contributed by atoms with Gasteiger partial charge in [-0.25, -0.2) is 0 Å². The van der Waals surface area contributed by atoms with E-state index in [2.05, 4.69) is 5.16 Å². The quantitative estimate of drug-likeness (QED) is 0.323. The topological polar surface area (TPSA) is 61.6 Å². The van der Waals surface area contributed by atoms with Crippen molar-refractivity contribution >= 4 is 28.5 Å². The molecule has 29 heavy (non-hydrogen) atoms. The van der Waals surface area contributed by atoms with Crippen LogP contribution in [0.5, 0.6) is 11.5 Å². The van der Waals surface area contributed by atoms with Crippen molar-refractivity contribution in [2.45, 2.75) is 12.8 Å². The third-order valence-corrected chi connectivity index (χ3v) is 4.79. The van der Waals surface area contributed by atoms with E-state index >= 15 is 0 Å². The lowest BCUT2D eigenvalue weighted by molar-refractivity contribution is -0.133. The molecule has 5 nitrogen and oxygen atoms in total. The highest BCUT2D eigenvalue weighted by molar-refractivity contribution is 6.30. The Hall–Kier alpha value is -3.31. The predicted molar refractivity (Wildman–Crippen MR) is 111 cm³/mol. The van der Waals surface area contributed by atoms with Crippen LogP contribution in [0.25, 0.3) is 11.0 Å². The standard InChI is InChI=1S/C23H18ClNO4/c1-27-18-8-4-16(5-9-18)13-23(26)28-19-10-11-20-21(25-29-22(20)14-19)12-15-2-6-17(24)7-3-15/h2-11,14H,12-13H2,1H3. The molecule has 1 heterocycles. The van der Waals surface area contributed by atoms with Gasteiger partial charge in [0.25, 0.3) is 0 Å². The summed E-state index contributed by atoms with van der Waals surface area (Å²) >= 11 is 5.93. The van der Waals surface area contributed by atoms with Gasteiger partial charge in [-0.2, -0.15) is 0 Å². The van der Waals surface area contributed by atoms with Gasteiger partial charge in [0, 0.05) is 22.9 Å². The van der Waals surface area contributed by atoms with Crippen LogP contribution in [0.3, 0.4) is 0 Å². The lowest BCUT2D eigenvalue weighted by Gasteiger charge is -2.05. The molecule has 0 aliphatic rings. The average Bonchev–Trinajstić information content (AvgIpc) is 3.12. The van der Waals surface area contributed by atoms with Crippen molar-refractivity contribution in [1.29, 1.82) is 0 Å². The minimum Gasteiger partial charge on any atom is -0.497 e. The number of carbonyl (C=O) groups excluding carboxylic acids is 1. The number of methoxy groups -OCH3 is 1. The minimum atomic E-state index is -0.351. The summed E-state index contributed by atoms with van der Waals surface area (Å²) in [6, 6.07) is 20.2. The first-order valence-electron chi connectivity index (χ1n) is 9.07. The van der Waals surface area contributed by atoms with Crippen molar-refractivity contribution in [2.75, 3.05) is 7.11 Å². The second kappa shape index (κ2) is 8.37. The van der Waals surface area contributed by atoms with E-state index in [1.807, 2.05) is 54.6 Å². The molecule has 0 saturated heterocycles. The van der Waals surface area contributed by atoms with Crippen molar-refractivity contribution in [3.05, 3.63) is 88.6 Å². The molecule has 0 amide bonds. The third-order valence-electron chi connectivity index (χ3n) is 4.54. The summed E-state index contributed by atoms with van der Waals surface area (Å²) in [6.07, 6.45) is 0.793. The highest BCUT2D eigenvalue weighted by Crippen LogP contribution is 2.26. The summed E-state index contributed by atoms with van der Waals surface area (Å²) in [4.78, 5) is 12.2. The number of carbonyl (C=O) groups is 1. The van der Waals surface area contributed by atoms with Gasteiger partial charge in [-0.15, -0.1) is 0 Å². The minimum absolute atomic E-state index is 0.167. The van der Waals surface area contributed by atoms with Crippen LogP contribution in [0.2, 0.25) is 5.02 Å². The Labute approximate surface area is 172 Å². The molecule has 0 atom stereocenters. The maximum Gasteiger partial charge on any atom is 0.315 e. The van der Waals surface area contributed by atoms with E-state index in [4.69, 9.17) is 25.6 Å². The molecular weight excluding hydrogens is 390 g/mol. The van der Waals surface area contributed by atoms with Crippen molar-refractivity contribution in [1.82, 2.24) is 5.16 Å². The fourth-order valence-electron chi connectivity index (χ4n) is 3.03. The molecule has 0 saturated carbocycles. The zero-order valence-corrected chi connectivity index (χ0v) is 16.5. The Morgan fingerprint density at radius 2 is 1.66 bits per heavy atom. The molecule has 0 spiro atoms.